The van der Waals surface area contributed by atoms with Gasteiger partial charge in [0.05, 0.1) is 21.6 Å². The molecule has 0 radical (unpaired) electrons. The molecule has 3 rings (SSSR count). The highest BCUT2D eigenvalue weighted by molar-refractivity contribution is 9.10. The van der Waals surface area contributed by atoms with Crippen molar-refractivity contribution in [2.75, 3.05) is 10.0 Å². The number of halogens is 5. The second-order valence-corrected chi connectivity index (χ2v) is 9.50. The van der Waals surface area contributed by atoms with E-state index in [-0.39, 0.29) is 39.0 Å². The maximum atomic E-state index is 12.9. The Morgan fingerprint density at radius 1 is 1.15 bits per heavy atom. The number of aryl methyl sites for hydroxylation is 1. The first-order valence-electron chi connectivity index (χ1n) is 9.09. The Kier molecular flexibility index (Phi) is 7.29. The molecular formula is C18H15BrClF3N6O3S. The topological polar surface area (TPSA) is 119 Å². The molecule has 0 bridgehead atoms. The molecule has 15 heteroatoms. The Bertz CT molecular complexity index is 1270. The fraction of sp³-hybridized carbons (Fsp3) is 0.222. The van der Waals surface area contributed by atoms with Crippen LogP contribution in [0.2, 0.25) is 5.15 Å². The molecule has 0 atom stereocenters. The molecule has 0 unspecified atom stereocenters. The van der Waals surface area contributed by atoms with Gasteiger partial charge in [-0.3, -0.25) is 14.2 Å². The molecule has 9 nitrogen and oxygen atoms in total. The number of sulfonamides is 1. The molecule has 2 N–H and O–H groups in total. The molecule has 0 aliphatic carbocycles. The lowest BCUT2D eigenvalue weighted by Crippen LogP contribution is -2.17. The van der Waals surface area contributed by atoms with Crippen LogP contribution in [0.4, 0.5) is 24.7 Å². The number of anilines is 2. The molecule has 0 saturated heterocycles. The molecule has 0 aliphatic rings. The number of aromatic nitrogens is 4. The number of carbonyl (C=O) groups excluding carboxylic acids is 1. The zero-order valence-electron chi connectivity index (χ0n) is 16.7. The number of nitrogens with zero attached hydrogens (tertiary/aromatic N) is 4. The van der Waals surface area contributed by atoms with Gasteiger partial charge < -0.3 is 5.32 Å². The first-order valence-corrected chi connectivity index (χ1v) is 11.7. The van der Waals surface area contributed by atoms with Crippen LogP contribution in [0.5, 0.6) is 0 Å². The predicted molar refractivity (Wildman–Crippen MR) is 117 cm³/mol. The van der Waals surface area contributed by atoms with Gasteiger partial charge in [0.25, 0.3) is 10.0 Å². The third-order valence-corrected chi connectivity index (χ3v) is 6.79. The van der Waals surface area contributed by atoms with Crippen molar-refractivity contribution in [3.63, 3.8) is 0 Å². The zero-order chi connectivity index (χ0) is 24.4. The van der Waals surface area contributed by atoms with Gasteiger partial charge in [-0.25, -0.2) is 8.42 Å². The average Bonchev–Trinajstić information content (AvgIpc) is 3.03. The van der Waals surface area contributed by atoms with E-state index in [0.29, 0.717) is 5.69 Å². The highest BCUT2D eigenvalue weighted by atomic mass is 79.9. The van der Waals surface area contributed by atoms with Gasteiger partial charge in [-0.2, -0.15) is 18.3 Å². The van der Waals surface area contributed by atoms with Crippen LogP contribution in [0.1, 0.15) is 17.8 Å². The van der Waals surface area contributed by atoms with Crippen LogP contribution < -0.4 is 10.0 Å². The lowest BCUT2D eigenvalue weighted by Gasteiger charge is -2.09. The fourth-order valence-electron chi connectivity index (χ4n) is 2.64. The summed E-state index contributed by atoms with van der Waals surface area (Å²) in [5.74, 6) is -0.509. The van der Waals surface area contributed by atoms with Crippen LogP contribution in [0.25, 0.3) is 0 Å². The molecule has 2 heterocycles. The van der Waals surface area contributed by atoms with Crippen molar-refractivity contribution in [1.82, 2.24) is 20.0 Å². The van der Waals surface area contributed by atoms with Gasteiger partial charge in [-0.05, 0) is 59.3 Å². The van der Waals surface area contributed by atoms with Gasteiger partial charge in [0, 0.05) is 12.1 Å². The van der Waals surface area contributed by atoms with Crippen molar-refractivity contribution in [2.24, 2.45) is 0 Å². The van der Waals surface area contributed by atoms with Crippen LogP contribution >= 0.6 is 27.5 Å². The van der Waals surface area contributed by atoms with Gasteiger partial charge in [-0.15, -0.1) is 10.2 Å². The predicted octanol–water partition coefficient (Wildman–Crippen LogP) is 4.25. The minimum atomic E-state index is -4.62. The zero-order valence-corrected chi connectivity index (χ0v) is 19.8. The highest BCUT2D eigenvalue weighted by Gasteiger charge is 2.37. The van der Waals surface area contributed by atoms with Crippen molar-refractivity contribution in [2.45, 2.75) is 31.0 Å². The first-order chi connectivity index (χ1) is 15.4. The lowest BCUT2D eigenvalue weighted by atomic mass is 10.3. The number of nitrogens with one attached hydrogen (secondary N) is 2. The Labute approximate surface area is 199 Å². The number of rotatable bonds is 7. The molecular weight excluding hydrogens is 553 g/mol. The van der Waals surface area contributed by atoms with E-state index in [1.165, 1.54) is 43.3 Å². The molecule has 0 saturated carbocycles. The molecule has 1 aromatic carbocycles. The Morgan fingerprint density at radius 3 is 2.36 bits per heavy atom. The number of hydrogen-bond donors (Lipinski definition) is 2. The maximum Gasteiger partial charge on any atom is 0.436 e. The van der Waals surface area contributed by atoms with E-state index in [4.69, 9.17) is 11.6 Å². The molecule has 2 aromatic heterocycles. The monoisotopic (exact) mass is 566 g/mol. The van der Waals surface area contributed by atoms with Crippen molar-refractivity contribution in [3.8, 4) is 0 Å². The number of benzene rings is 1. The maximum absolute atomic E-state index is 12.9. The van der Waals surface area contributed by atoms with Crippen molar-refractivity contribution >= 4 is 55.0 Å². The SMILES string of the molecule is Cc1c(Br)c(C(F)(F)F)nn1CCC(=O)Nc1ccc(S(=O)(=O)Nc2ccc(Cl)nn2)cc1. The Morgan fingerprint density at radius 2 is 1.82 bits per heavy atom. The summed E-state index contributed by atoms with van der Waals surface area (Å²) >= 11 is 8.49. The molecule has 176 valence electrons. The molecule has 0 spiro atoms. The van der Waals surface area contributed by atoms with Crippen LogP contribution in [0.3, 0.4) is 0 Å². The van der Waals surface area contributed by atoms with Gasteiger partial charge in [-0.1, -0.05) is 11.6 Å². The highest BCUT2D eigenvalue weighted by Crippen LogP contribution is 2.35. The average molecular weight is 568 g/mol. The summed E-state index contributed by atoms with van der Waals surface area (Å²) < 4.78 is 66.8. The largest absolute Gasteiger partial charge is 0.436 e. The summed E-state index contributed by atoms with van der Waals surface area (Å²) in [5.41, 5.74) is -0.516. The fourth-order valence-corrected chi connectivity index (χ4v) is 4.24. The van der Waals surface area contributed by atoms with Gasteiger partial charge in [0.15, 0.2) is 16.7 Å². The second-order valence-electron chi connectivity index (χ2n) is 6.64. The second kappa shape index (κ2) is 9.65. The van der Waals surface area contributed by atoms with Gasteiger partial charge in [0.1, 0.15) is 0 Å². The minimum absolute atomic E-state index is 0.0222. The summed E-state index contributed by atoms with van der Waals surface area (Å²) in [5, 5.41) is 13.3. The van der Waals surface area contributed by atoms with E-state index in [2.05, 4.69) is 41.3 Å². The number of alkyl halides is 3. The van der Waals surface area contributed by atoms with Crippen molar-refractivity contribution < 1.29 is 26.4 Å². The van der Waals surface area contributed by atoms with Crippen molar-refractivity contribution in [1.29, 1.82) is 0 Å². The Balaban J connectivity index is 1.61. The van der Waals surface area contributed by atoms with Gasteiger partial charge >= 0.3 is 6.18 Å². The molecule has 0 fully saturated rings. The van der Waals surface area contributed by atoms with E-state index in [0.717, 1.165) is 4.68 Å². The van der Waals surface area contributed by atoms with E-state index in [1.807, 2.05) is 0 Å². The summed E-state index contributed by atoms with van der Waals surface area (Å²) in [7, 11) is -3.95. The number of hydrogen-bond acceptors (Lipinski definition) is 6. The number of amides is 1. The molecule has 3 aromatic rings. The van der Waals surface area contributed by atoms with E-state index in [1.54, 1.807) is 0 Å². The Hall–Kier alpha value is -2.71. The minimum Gasteiger partial charge on any atom is -0.326 e. The van der Waals surface area contributed by atoms with Crippen LogP contribution in [0, 0.1) is 6.92 Å². The summed E-state index contributed by atoms with van der Waals surface area (Å²) in [6, 6.07) is 8.00. The summed E-state index contributed by atoms with van der Waals surface area (Å²) in [6.45, 7) is 1.37. The van der Waals surface area contributed by atoms with Crippen LogP contribution in [-0.4, -0.2) is 34.3 Å². The molecule has 1 amide bonds. The third kappa shape index (κ3) is 6.21. The summed E-state index contributed by atoms with van der Waals surface area (Å²) in [4.78, 5) is 12.1. The smallest absolute Gasteiger partial charge is 0.326 e. The summed E-state index contributed by atoms with van der Waals surface area (Å²) in [6.07, 6.45) is -4.77. The lowest BCUT2D eigenvalue weighted by molar-refractivity contribution is -0.142. The normalized spacial score (nSPS) is 11.9. The van der Waals surface area contributed by atoms with E-state index in [9.17, 15) is 26.4 Å². The third-order valence-electron chi connectivity index (χ3n) is 4.27. The van der Waals surface area contributed by atoms with Crippen LogP contribution in [-0.2, 0) is 27.5 Å². The van der Waals surface area contributed by atoms with Crippen LogP contribution in [0.15, 0.2) is 45.8 Å². The van der Waals surface area contributed by atoms with E-state index < -0.39 is 27.8 Å². The molecule has 0 aliphatic heterocycles. The molecule has 33 heavy (non-hydrogen) atoms. The van der Waals surface area contributed by atoms with Crippen molar-refractivity contribution in [3.05, 3.63) is 57.4 Å². The van der Waals surface area contributed by atoms with E-state index >= 15 is 0 Å². The standard InChI is InChI=1S/C18H15BrClF3N6O3S/c1-10-16(19)17(18(21,22)23)27-29(10)9-8-15(30)24-11-2-4-12(5-3-11)33(31,32)28-14-7-6-13(20)25-26-14/h2-7H,8-9H2,1H3,(H,24,30)(H,26,28). The first kappa shape index (κ1) is 24.9. The quantitative estimate of drug-likeness (QED) is 0.441. The number of carbonyl (C=O) groups is 1. The van der Waals surface area contributed by atoms with Gasteiger partial charge in [0.2, 0.25) is 5.91 Å².